The zero-order valence-corrected chi connectivity index (χ0v) is 20.8. The van der Waals surface area contributed by atoms with E-state index in [2.05, 4.69) is 55.5 Å². The Morgan fingerprint density at radius 1 is 0.812 bits per heavy atom. The van der Waals surface area contributed by atoms with Crippen molar-refractivity contribution in [2.45, 2.75) is 83.7 Å². The first-order valence-electron chi connectivity index (χ1n) is 12.1. The summed E-state index contributed by atoms with van der Waals surface area (Å²) in [7, 11) is 5.85. The van der Waals surface area contributed by atoms with Crippen molar-refractivity contribution in [1.29, 1.82) is 0 Å². The highest BCUT2D eigenvalue weighted by Crippen LogP contribution is 2.08. The Kier molecular flexibility index (Phi) is 18.2. The third kappa shape index (κ3) is 22.5. The Labute approximate surface area is 196 Å². The van der Waals surface area contributed by atoms with Crippen LogP contribution in [0.4, 0.5) is 0 Å². The van der Waals surface area contributed by atoms with E-state index in [-0.39, 0.29) is 12.4 Å². The molecule has 0 bridgehead atoms. The first kappa shape index (κ1) is 29.9. The van der Waals surface area contributed by atoms with Crippen molar-refractivity contribution in [2.24, 2.45) is 0 Å². The van der Waals surface area contributed by atoms with E-state index in [1.807, 2.05) is 21.1 Å². The molecule has 0 rings (SSSR count). The minimum atomic E-state index is -0.947. The van der Waals surface area contributed by atoms with Gasteiger partial charge in [-0.2, -0.15) is 0 Å². The van der Waals surface area contributed by atoms with E-state index in [0.717, 1.165) is 25.7 Å². The summed E-state index contributed by atoms with van der Waals surface area (Å²) in [6.45, 7) is 2.71. The van der Waals surface area contributed by atoms with Gasteiger partial charge in [-0.25, -0.2) is 0 Å². The van der Waals surface area contributed by atoms with E-state index in [9.17, 15) is 9.59 Å². The molecule has 0 aliphatic rings. The molecule has 0 aromatic carbocycles. The highest BCUT2D eigenvalue weighted by Gasteiger charge is 2.24. The van der Waals surface area contributed by atoms with E-state index in [4.69, 9.17) is 9.84 Å². The fourth-order valence-electron chi connectivity index (χ4n) is 3.12. The second-order valence-corrected chi connectivity index (χ2v) is 9.16. The predicted molar refractivity (Wildman–Crippen MR) is 133 cm³/mol. The van der Waals surface area contributed by atoms with Crippen molar-refractivity contribution in [2.75, 3.05) is 27.7 Å². The third-order valence-electron chi connectivity index (χ3n) is 4.66. The van der Waals surface area contributed by atoms with Crippen molar-refractivity contribution in [3.63, 3.8) is 0 Å². The Morgan fingerprint density at radius 2 is 1.31 bits per heavy atom. The first-order chi connectivity index (χ1) is 15.2. The molecular formula is C27H46NO4+. The Bertz CT molecular complexity index is 612. The number of carboxylic acid groups (broad SMARTS) is 1. The Morgan fingerprint density at radius 3 is 1.78 bits per heavy atom. The fraction of sp³-hybridized carbons (Fsp3) is 0.630. The molecule has 0 saturated carbocycles. The number of hydrogen-bond acceptors (Lipinski definition) is 3. The Hall–Kier alpha value is -2.14. The summed E-state index contributed by atoms with van der Waals surface area (Å²) < 4.78 is 5.93. The normalized spacial score (nSPS) is 13.6. The molecule has 0 heterocycles. The van der Waals surface area contributed by atoms with Crippen LogP contribution in [0.3, 0.4) is 0 Å². The number of ether oxygens (including phenoxy) is 1. The average Bonchev–Trinajstić information content (AvgIpc) is 2.68. The molecule has 0 saturated heterocycles. The lowest BCUT2D eigenvalue weighted by atomic mass is 10.2. The molecule has 1 N–H and O–H groups in total. The van der Waals surface area contributed by atoms with E-state index in [1.165, 1.54) is 25.7 Å². The van der Waals surface area contributed by atoms with Crippen LogP contribution in [0.5, 0.6) is 0 Å². The van der Waals surface area contributed by atoms with Gasteiger partial charge in [-0.3, -0.25) is 9.59 Å². The molecule has 0 aromatic heterocycles. The van der Waals surface area contributed by atoms with Gasteiger partial charge in [0.05, 0.1) is 27.6 Å². The number of carbonyl (C=O) groups excluding carboxylic acids is 1. The number of aliphatic carboxylic acids is 1. The van der Waals surface area contributed by atoms with Gasteiger partial charge in [0.2, 0.25) is 0 Å². The number of quaternary nitrogens is 1. The molecular weight excluding hydrogens is 402 g/mol. The molecule has 0 aliphatic heterocycles. The molecule has 0 amide bonds. The molecule has 0 aliphatic carbocycles. The molecule has 5 heteroatoms. The maximum Gasteiger partial charge on any atom is 0.307 e. The average molecular weight is 449 g/mol. The number of carboxylic acids is 1. The van der Waals surface area contributed by atoms with Gasteiger partial charge in [0.25, 0.3) is 0 Å². The summed E-state index contributed by atoms with van der Waals surface area (Å²) in [6, 6.07) is 0. The summed E-state index contributed by atoms with van der Waals surface area (Å²) in [6.07, 6.45) is 26.4. The highest BCUT2D eigenvalue weighted by molar-refractivity contribution is 5.71. The summed E-state index contributed by atoms with van der Waals surface area (Å²) in [5.74, 6) is -1.27. The van der Waals surface area contributed by atoms with Crippen molar-refractivity contribution in [1.82, 2.24) is 0 Å². The van der Waals surface area contributed by atoms with Gasteiger partial charge in [-0.15, -0.1) is 0 Å². The van der Waals surface area contributed by atoms with Crippen LogP contribution < -0.4 is 0 Å². The van der Waals surface area contributed by atoms with Gasteiger partial charge < -0.3 is 14.3 Å². The number of nitrogens with zero attached hydrogens (tertiary/aromatic N) is 1. The second-order valence-electron chi connectivity index (χ2n) is 9.16. The van der Waals surface area contributed by atoms with Crippen LogP contribution in [-0.4, -0.2) is 55.3 Å². The maximum absolute atomic E-state index is 12.0. The Balaban J connectivity index is 3.86. The fourth-order valence-corrected chi connectivity index (χ4v) is 3.12. The zero-order valence-electron chi connectivity index (χ0n) is 20.8. The lowest BCUT2D eigenvalue weighted by Crippen LogP contribution is -2.43. The lowest BCUT2D eigenvalue weighted by Gasteiger charge is -2.28. The smallest absolute Gasteiger partial charge is 0.307 e. The summed E-state index contributed by atoms with van der Waals surface area (Å²) in [4.78, 5) is 23.0. The van der Waals surface area contributed by atoms with Crippen LogP contribution in [0.2, 0.25) is 0 Å². The van der Waals surface area contributed by atoms with Gasteiger partial charge in [-0.05, 0) is 44.9 Å². The van der Waals surface area contributed by atoms with Crippen LogP contribution in [0.1, 0.15) is 77.6 Å². The van der Waals surface area contributed by atoms with Crippen molar-refractivity contribution in [3.8, 4) is 0 Å². The van der Waals surface area contributed by atoms with Gasteiger partial charge in [-0.1, -0.05) is 68.4 Å². The molecule has 0 spiro atoms. The molecule has 1 atom stereocenters. The minimum absolute atomic E-state index is 0.154. The number of carbonyl (C=O) groups is 2. The van der Waals surface area contributed by atoms with Gasteiger partial charge in [0.15, 0.2) is 6.10 Å². The van der Waals surface area contributed by atoms with Crippen LogP contribution in [-0.2, 0) is 14.3 Å². The number of rotatable bonds is 19. The quantitative estimate of drug-likeness (QED) is 0.110. The van der Waals surface area contributed by atoms with Crippen molar-refractivity contribution in [3.05, 3.63) is 48.6 Å². The molecule has 0 fully saturated rings. The second kappa shape index (κ2) is 19.5. The summed E-state index contributed by atoms with van der Waals surface area (Å²) in [5.41, 5.74) is 0. The van der Waals surface area contributed by atoms with Crippen LogP contribution in [0.25, 0.3) is 0 Å². The molecule has 182 valence electrons. The van der Waals surface area contributed by atoms with E-state index in [1.54, 1.807) is 0 Å². The lowest BCUT2D eigenvalue weighted by molar-refractivity contribution is -0.873. The summed E-state index contributed by atoms with van der Waals surface area (Å²) >= 11 is 0. The largest absolute Gasteiger partial charge is 0.481 e. The maximum atomic E-state index is 12.0. The van der Waals surface area contributed by atoms with E-state index in [0.29, 0.717) is 23.9 Å². The number of allylic oxidation sites excluding steroid dienone is 8. The topological polar surface area (TPSA) is 63.6 Å². The van der Waals surface area contributed by atoms with Crippen LogP contribution in [0, 0.1) is 0 Å². The number of esters is 1. The predicted octanol–water partition coefficient (Wildman–Crippen LogP) is 6.22. The monoisotopic (exact) mass is 448 g/mol. The van der Waals surface area contributed by atoms with E-state index < -0.39 is 12.1 Å². The number of likely N-dealkylation sites (N-methyl/N-ethyl adjacent to an activating group) is 1. The van der Waals surface area contributed by atoms with Gasteiger partial charge >= 0.3 is 11.9 Å². The van der Waals surface area contributed by atoms with Gasteiger partial charge in [0.1, 0.15) is 6.54 Å². The summed E-state index contributed by atoms with van der Waals surface area (Å²) in [5, 5.41) is 9.01. The van der Waals surface area contributed by atoms with Crippen molar-refractivity contribution >= 4 is 11.9 Å². The van der Waals surface area contributed by atoms with Crippen LogP contribution >= 0.6 is 0 Å². The molecule has 32 heavy (non-hydrogen) atoms. The highest BCUT2D eigenvalue weighted by atomic mass is 16.5. The van der Waals surface area contributed by atoms with Crippen LogP contribution in [0.15, 0.2) is 48.6 Å². The molecule has 0 aromatic rings. The SMILES string of the molecule is CCCCCC=CCC=CCC=CCC=CCCCC(=O)O[C@H](CC(=O)O)C[N+](C)(C)C. The standard InChI is InChI=1S/C27H45NO4/c1-5-6-7-8-9-10-11-12-13-14-15-16-17-18-19-20-21-22-27(31)32-25(23-26(29)30)24-28(2,3)4/h9-10,12-13,15-16,18-19,25H,5-8,11,14,17,20-24H2,1-4H3/p+1/t25-/m1/s1. The first-order valence-corrected chi connectivity index (χ1v) is 12.1. The third-order valence-corrected chi connectivity index (χ3v) is 4.66. The number of hydrogen-bond donors (Lipinski definition) is 1. The number of unbranched alkanes of at least 4 members (excludes halogenated alkanes) is 4. The minimum Gasteiger partial charge on any atom is -0.481 e. The molecule has 0 unspecified atom stereocenters. The molecule has 5 nitrogen and oxygen atoms in total. The van der Waals surface area contributed by atoms with E-state index >= 15 is 0 Å². The zero-order chi connectivity index (χ0) is 24.1. The molecule has 0 radical (unpaired) electrons. The van der Waals surface area contributed by atoms with Crippen molar-refractivity contribution < 1.29 is 23.9 Å². The van der Waals surface area contributed by atoms with Gasteiger partial charge in [0, 0.05) is 6.42 Å².